The van der Waals surface area contributed by atoms with Crippen LogP contribution in [0.25, 0.3) is 10.9 Å². The largest absolute Gasteiger partial charge is 0.495 e. The molecule has 5 rings (SSSR count). The molecule has 43 heavy (non-hydrogen) atoms. The summed E-state index contributed by atoms with van der Waals surface area (Å²) in [6, 6.07) is 6.91. The number of methoxy groups -OCH3 is 1. The molecule has 0 saturated carbocycles. The zero-order valence-electron chi connectivity index (χ0n) is 24.9. The Balaban J connectivity index is 1.55. The van der Waals surface area contributed by atoms with Crippen LogP contribution in [-0.2, 0) is 14.3 Å². The molecule has 2 aromatic carbocycles. The Morgan fingerprint density at radius 3 is 2.47 bits per heavy atom. The van der Waals surface area contributed by atoms with E-state index in [2.05, 4.69) is 20.6 Å². The molecule has 3 heterocycles. The van der Waals surface area contributed by atoms with Crippen molar-refractivity contribution in [2.75, 3.05) is 38.7 Å². The molecule has 1 unspecified atom stereocenters. The Morgan fingerprint density at radius 1 is 1.02 bits per heavy atom. The highest BCUT2D eigenvalue weighted by Gasteiger charge is 2.35. The van der Waals surface area contributed by atoms with Gasteiger partial charge in [0.15, 0.2) is 6.10 Å². The third-order valence-corrected chi connectivity index (χ3v) is 7.95. The third kappa shape index (κ3) is 7.92. The Labute approximate surface area is 261 Å². The fourth-order valence-electron chi connectivity index (χ4n) is 5.26. The van der Waals surface area contributed by atoms with Gasteiger partial charge in [0.05, 0.1) is 47.0 Å². The van der Waals surface area contributed by atoms with Gasteiger partial charge < -0.3 is 34.3 Å². The van der Waals surface area contributed by atoms with E-state index in [1.165, 1.54) is 13.4 Å². The summed E-state index contributed by atoms with van der Waals surface area (Å²) in [5.74, 6) is 1.53. The lowest BCUT2D eigenvalue weighted by molar-refractivity contribution is -0.166. The van der Waals surface area contributed by atoms with Gasteiger partial charge in [-0.1, -0.05) is 23.2 Å². The molecule has 2 saturated heterocycles. The number of hydrogen-bond acceptors (Lipinski definition) is 10. The highest BCUT2D eigenvalue weighted by atomic mass is 35.5. The van der Waals surface area contributed by atoms with Crippen LogP contribution in [0.5, 0.6) is 17.2 Å². The number of esters is 1. The predicted octanol–water partition coefficient (Wildman–Crippen LogP) is 6.34. The number of nitrogens with zero attached hydrogens (tertiary/aromatic N) is 2. The first kappa shape index (κ1) is 31.4. The molecule has 1 aromatic heterocycles. The molecule has 0 bridgehead atoms. The van der Waals surface area contributed by atoms with Crippen molar-refractivity contribution in [1.82, 2.24) is 15.3 Å². The lowest BCUT2D eigenvalue weighted by Gasteiger charge is -2.32. The van der Waals surface area contributed by atoms with Crippen molar-refractivity contribution in [1.29, 1.82) is 0 Å². The van der Waals surface area contributed by atoms with Crippen LogP contribution in [0.2, 0.25) is 10.0 Å². The number of carbonyl (C=O) groups excluding carboxylic acids is 1. The Morgan fingerprint density at radius 2 is 1.77 bits per heavy atom. The lowest BCUT2D eigenvalue weighted by atomic mass is 9.92. The lowest BCUT2D eigenvalue weighted by Crippen LogP contribution is -2.44. The standard InChI is InChI=1S/C31H38Cl2N4O6/c1-31(2,3)43-30(38)28(18-5-9-34-10-6-18)42-20-13-24-27(26(14-20)41-19-7-11-40-12-8-19)29(36-17-35-24)37-23-16-25(39-4)22(33)15-21(23)32/h13-19,28,34H,5-12H2,1-4H3,(H,35,36,37). The number of hydrogen-bond donors (Lipinski definition) is 2. The number of anilines is 2. The van der Waals surface area contributed by atoms with Crippen molar-refractivity contribution in [2.45, 2.75) is 64.3 Å². The van der Waals surface area contributed by atoms with Crippen LogP contribution < -0.4 is 24.8 Å². The van der Waals surface area contributed by atoms with E-state index in [9.17, 15) is 4.79 Å². The summed E-state index contributed by atoms with van der Waals surface area (Å²) in [7, 11) is 1.54. The average Bonchev–Trinajstić information content (AvgIpc) is 2.97. The molecule has 232 valence electrons. The first-order valence-corrected chi connectivity index (χ1v) is 15.3. The summed E-state index contributed by atoms with van der Waals surface area (Å²) in [5, 5.41) is 8.08. The van der Waals surface area contributed by atoms with Crippen molar-refractivity contribution < 1.29 is 28.5 Å². The van der Waals surface area contributed by atoms with Crippen molar-refractivity contribution in [2.24, 2.45) is 5.92 Å². The number of fused-ring (bicyclic) bond motifs is 1. The number of rotatable bonds is 9. The monoisotopic (exact) mass is 632 g/mol. The van der Waals surface area contributed by atoms with Gasteiger partial charge in [-0.25, -0.2) is 14.8 Å². The number of benzene rings is 2. The second-order valence-electron chi connectivity index (χ2n) is 11.7. The van der Waals surface area contributed by atoms with Crippen LogP contribution in [0.4, 0.5) is 11.5 Å². The van der Waals surface area contributed by atoms with Gasteiger partial charge in [-0.2, -0.15) is 0 Å². The third-order valence-electron chi connectivity index (χ3n) is 7.35. The van der Waals surface area contributed by atoms with Crippen molar-refractivity contribution >= 4 is 51.6 Å². The minimum atomic E-state index is -0.783. The molecule has 2 fully saturated rings. The van der Waals surface area contributed by atoms with E-state index in [1.54, 1.807) is 24.3 Å². The van der Waals surface area contributed by atoms with Crippen LogP contribution in [0, 0.1) is 5.92 Å². The first-order chi connectivity index (χ1) is 20.6. The number of piperidine rings is 1. The second-order valence-corrected chi connectivity index (χ2v) is 12.5. The molecular formula is C31H38Cl2N4O6. The molecule has 2 aliphatic rings. The van der Waals surface area contributed by atoms with E-state index in [0.29, 0.717) is 62.9 Å². The number of halogens is 2. The van der Waals surface area contributed by atoms with Gasteiger partial charge >= 0.3 is 5.97 Å². The maximum Gasteiger partial charge on any atom is 0.348 e. The van der Waals surface area contributed by atoms with E-state index in [-0.39, 0.29) is 18.0 Å². The number of aromatic nitrogens is 2. The van der Waals surface area contributed by atoms with Gasteiger partial charge in [-0.3, -0.25) is 0 Å². The summed E-state index contributed by atoms with van der Waals surface area (Å²) >= 11 is 12.8. The van der Waals surface area contributed by atoms with Gasteiger partial charge in [-0.15, -0.1) is 0 Å². The fraction of sp³-hybridized carbons (Fsp3) is 0.516. The number of ether oxygens (including phenoxy) is 5. The zero-order chi connectivity index (χ0) is 30.6. The van der Waals surface area contributed by atoms with Crippen LogP contribution in [0.15, 0.2) is 30.6 Å². The SMILES string of the molecule is COc1cc(Nc2ncnc3cc(OC(C(=O)OC(C)(C)C)C4CCNCC4)cc(OC4CCOCC4)c23)c(Cl)cc1Cl. The summed E-state index contributed by atoms with van der Waals surface area (Å²) in [6.45, 7) is 8.40. The van der Waals surface area contributed by atoms with E-state index >= 15 is 0 Å². The smallest absolute Gasteiger partial charge is 0.348 e. The molecular weight excluding hydrogens is 595 g/mol. The van der Waals surface area contributed by atoms with Gasteiger partial charge in [-0.05, 0) is 52.8 Å². The Bertz CT molecular complexity index is 1440. The van der Waals surface area contributed by atoms with E-state index in [1.807, 2.05) is 20.8 Å². The number of carbonyl (C=O) groups is 1. The second kappa shape index (κ2) is 13.7. The van der Waals surface area contributed by atoms with Gasteiger partial charge in [0.2, 0.25) is 0 Å². The van der Waals surface area contributed by atoms with Crippen LogP contribution in [0.1, 0.15) is 46.5 Å². The maximum absolute atomic E-state index is 13.4. The zero-order valence-corrected chi connectivity index (χ0v) is 26.4. The molecule has 2 N–H and O–H groups in total. The van der Waals surface area contributed by atoms with Crippen molar-refractivity contribution in [3.8, 4) is 17.2 Å². The van der Waals surface area contributed by atoms with E-state index < -0.39 is 11.7 Å². The summed E-state index contributed by atoms with van der Waals surface area (Å²) in [6.07, 6.45) is 3.65. The van der Waals surface area contributed by atoms with Crippen molar-refractivity contribution in [3.05, 3.63) is 40.6 Å². The van der Waals surface area contributed by atoms with Crippen LogP contribution in [0.3, 0.4) is 0 Å². The minimum Gasteiger partial charge on any atom is -0.495 e. The first-order valence-electron chi connectivity index (χ1n) is 14.5. The normalized spacial score (nSPS) is 17.3. The molecule has 0 amide bonds. The molecule has 0 aliphatic carbocycles. The van der Waals surface area contributed by atoms with Gasteiger partial charge in [0, 0.05) is 37.0 Å². The molecule has 2 aliphatic heterocycles. The average molecular weight is 634 g/mol. The summed E-state index contributed by atoms with van der Waals surface area (Å²) in [5.41, 5.74) is 0.477. The topological polar surface area (TPSA) is 113 Å². The fourth-order valence-corrected chi connectivity index (χ4v) is 5.77. The van der Waals surface area contributed by atoms with Gasteiger partial charge in [0.25, 0.3) is 0 Å². The minimum absolute atomic E-state index is 0.00341. The highest BCUT2D eigenvalue weighted by molar-refractivity contribution is 6.37. The highest BCUT2D eigenvalue weighted by Crippen LogP contribution is 2.40. The van der Waals surface area contributed by atoms with Crippen molar-refractivity contribution in [3.63, 3.8) is 0 Å². The molecule has 12 heteroatoms. The quantitative estimate of drug-likeness (QED) is 0.259. The molecule has 10 nitrogen and oxygen atoms in total. The van der Waals surface area contributed by atoms with E-state index in [4.69, 9.17) is 46.9 Å². The predicted molar refractivity (Wildman–Crippen MR) is 166 cm³/mol. The Kier molecular flexibility index (Phi) is 10.0. The molecule has 1 atom stereocenters. The van der Waals surface area contributed by atoms with Crippen LogP contribution >= 0.6 is 23.2 Å². The molecule has 0 radical (unpaired) electrons. The van der Waals surface area contributed by atoms with E-state index in [0.717, 1.165) is 38.8 Å². The Hall–Kier alpha value is -3.05. The number of nitrogens with one attached hydrogen (secondary N) is 2. The van der Waals surface area contributed by atoms with Crippen LogP contribution in [-0.4, -0.2) is 67.2 Å². The maximum atomic E-state index is 13.4. The molecule has 3 aromatic rings. The van der Waals surface area contributed by atoms with Gasteiger partial charge in [0.1, 0.15) is 41.1 Å². The summed E-state index contributed by atoms with van der Waals surface area (Å²) in [4.78, 5) is 22.5. The summed E-state index contributed by atoms with van der Waals surface area (Å²) < 4.78 is 29.8. The molecule has 0 spiro atoms.